The standard InChI is InChI=1S/C21H22N2O3/c1-25-19-9-8-16-5-2-3-6-17(16)18(19)15-22-10-12-23(13-11-22)21(24)20-7-4-14-26-20/h2-9,14H,10-13,15H2,1H3/p+1. The van der Waals surface area contributed by atoms with Crippen LogP contribution in [0, 0.1) is 0 Å². The zero-order chi connectivity index (χ0) is 17.9. The number of hydrogen-bond donors (Lipinski definition) is 1. The number of furan rings is 1. The Kier molecular flexibility index (Phi) is 4.63. The Bertz CT molecular complexity index is 897. The lowest BCUT2D eigenvalue weighted by molar-refractivity contribution is -0.917. The number of quaternary nitrogens is 1. The van der Waals surface area contributed by atoms with Crippen molar-refractivity contribution in [3.63, 3.8) is 0 Å². The second-order valence-corrected chi connectivity index (χ2v) is 6.66. The second-order valence-electron chi connectivity index (χ2n) is 6.66. The second kappa shape index (κ2) is 7.22. The van der Waals surface area contributed by atoms with Crippen LogP contribution in [0.3, 0.4) is 0 Å². The zero-order valence-corrected chi connectivity index (χ0v) is 14.9. The summed E-state index contributed by atoms with van der Waals surface area (Å²) in [5.41, 5.74) is 1.24. The van der Waals surface area contributed by atoms with Crippen LogP contribution in [0.25, 0.3) is 10.8 Å². The number of fused-ring (bicyclic) bond motifs is 1. The fraction of sp³-hybridized carbons (Fsp3) is 0.286. The molecule has 3 aromatic rings. The molecule has 0 unspecified atom stereocenters. The van der Waals surface area contributed by atoms with E-state index in [4.69, 9.17) is 9.15 Å². The highest BCUT2D eigenvalue weighted by atomic mass is 16.5. The fourth-order valence-electron chi connectivity index (χ4n) is 3.70. The van der Waals surface area contributed by atoms with Gasteiger partial charge in [-0.3, -0.25) is 4.79 Å². The molecule has 0 atom stereocenters. The van der Waals surface area contributed by atoms with Gasteiger partial charge in [0.15, 0.2) is 5.76 Å². The maximum absolute atomic E-state index is 12.4. The number of benzene rings is 2. The summed E-state index contributed by atoms with van der Waals surface area (Å²) < 4.78 is 10.8. The number of amides is 1. The molecule has 2 heterocycles. The number of piperazine rings is 1. The number of methoxy groups -OCH3 is 1. The van der Waals surface area contributed by atoms with Gasteiger partial charge in [-0.2, -0.15) is 0 Å². The number of nitrogens with one attached hydrogen (secondary N) is 1. The molecule has 0 bridgehead atoms. The van der Waals surface area contributed by atoms with Gasteiger partial charge in [-0.15, -0.1) is 0 Å². The molecule has 5 heteroatoms. The summed E-state index contributed by atoms with van der Waals surface area (Å²) in [6.07, 6.45) is 1.54. The molecular weight excluding hydrogens is 328 g/mol. The van der Waals surface area contributed by atoms with Crippen molar-refractivity contribution in [2.45, 2.75) is 6.54 Å². The van der Waals surface area contributed by atoms with Crippen molar-refractivity contribution in [2.75, 3.05) is 33.3 Å². The minimum absolute atomic E-state index is 0.0169. The van der Waals surface area contributed by atoms with Crippen LogP contribution in [0.2, 0.25) is 0 Å². The molecule has 0 radical (unpaired) electrons. The van der Waals surface area contributed by atoms with Gasteiger partial charge in [0.1, 0.15) is 12.3 Å². The molecule has 134 valence electrons. The van der Waals surface area contributed by atoms with Crippen LogP contribution in [0.1, 0.15) is 16.1 Å². The molecular formula is C21H23N2O3+. The largest absolute Gasteiger partial charge is 0.496 e. The van der Waals surface area contributed by atoms with Gasteiger partial charge >= 0.3 is 0 Å². The van der Waals surface area contributed by atoms with Crippen LogP contribution in [0.15, 0.2) is 59.2 Å². The fourth-order valence-corrected chi connectivity index (χ4v) is 3.70. The van der Waals surface area contributed by atoms with Crippen LogP contribution in [-0.2, 0) is 6.54 Å². The van der Waals surface area contributed by atoms with Crippen LogP contribution >= 0.6 is 0 Å². The lowest BCUT2D eigenvalue weighted by atomic mass is 10.0. The summed E-state index contributed by atoms with van der Waals surface area (Å²) in [7, 11) is 1.73. The van der Waals surface area contributed by atoms with E-state index in [9.17, 15) is 4.79 Å². The summed E-state index contributed by atoms with van der Waals surface area (Å²) >= 11 is 0. The lowest BCUT2D eigenvalue weighted by Gasteiger charge is -2.32. The van der Waals surface area contributed by atoms with Gasteiger partial charge in [0.05, 0.1) is 45.1 Å². The minimum Gasteiger partial charge on any atom is -0.496 e. The predicted molar refractivity (Wildman–Crippen MR) is 99.5 cm³/mol. The first-order valence-corrected chi connectivity index (χ1v) is 8.97. The first-order valence-electron chi connectivity index (χ1n) is 8.97. The summed E-state index contributed by atoms with van der Waals surface area (Å²) in [5.74, 6) is 1.34. The molecule has 5 nitrogen and oxygen atoms in total. The number of hydrogen-bond acceptors (Lipinski definition) is 3. The van der Waals surface area contributed by atoms with E-state index in [0.29, 0.717) is 5.76 Å². The topological polar surface area (TPSA) is 47.1 Å². The summed E-state index contributed by atoms with van der Waals surface area (Å²) in [6.45, 7) is 4.20. The van der Waals surface area contributed by atoms with E-state index in [2.05, 4.69) is 30.3 Å². The third-order valence-corrected chi connectivity index (χ3v) is 5.13. The maximum Gasteiger partial charge on any atom is 0.289 e. The highest BCUT2D eigenvalue weighted by molar-refractivity contribution is 5.91. The van der Waals surface area contributed by atoms with Crippen molar-refractivity contribution in [1.29, 1.82) is 0 Å². The van der Waals surface area contributed by atoms with Crippen molar-refractivity contribution < 1.29 is 18.8 Å². The number of nitrogens with zero attached hydrogens (tertiary/aromatic N) is 1. The van der Waals surface area contributed by atoms with Crippen molar-refractivity contribution >= 4 is 16.7 Å². The van der Waals surface area contributed by atoms with Crippen LogP contribution in [0.4, 0.5) is 0 Å². The van der Waals surface area contributed by atoms with Gasteiger partial charge in [-0.05, 0) is 29.0 Å². The third kappa shape index (κ3) is 3.18. The molecule has 1 saturated heterocycles. The molecule has 4 rings (SSSR count). The molecule has 1 amide bonds. The minimum atomic E-state index is -0.0169. The van der Waals surface area contributed by atoms with Crippen molar-refractivity contribution in [3.8, 4) is 5.75 Å². The molecule has 0 aliphatic carbocycles. The molecule has 1 aliphatic heterocycles. The van der Waals surface area contributed by atoms with Gasteiger partial charge in [0, 0.05) is 0 Å². The quantitative estimate of drug-likeness (QED) is 0.782. The van der Waals surface area contributed by atoms with E-state index in [-0.39, 0.29) is 5.91 Å². The first-order chi connectivity index (χ1) is 12.8. The van der Waals surface area contributed by atoms with Crippen molar-refractivity contribution in [1.82, 2.24) is 4.90 Å². The molecule has 1 N–H and O–H groups in total. The number of carbonyl (C=O) groups is 1. The maximum atomic E-state index is 12.4. The number of rotatable bonds is 4. The van der Waals surface area contributed by atoms with Crippen LogP contribution in [0.5, 0.6) is 5.75 Å². The SMILES string of the molecule is COc1ccc2ccccc2c1C[NH+]1CCN(C(=O)c2ccco2)CC1. The van der Waals surface area contributed by atoms with E-state index >= 15 is 0 Å². The van der Waals surface area contributed by atoms with E-state index < -0.39 is 0 Å². The third-order valence-electron chi connectivity index (χ3n) is 5.13. The molecule has 0 spiro atoms. The Balaban J connectivity index is 1.48. The average Bonchev–Trinajstić information content (AvgIpc) is 3.23. The Morgan fingerprint density at radius 2 is 1.92 bits per heavy atom. The lowest BCUT2D eigenvalue weighted by Crippen LogP contribution is -3.13. The zero-order valence-electron chi connectivity index (χ0n) is 14.9. The Morgan fingerprint density at radius 1 is 1.12 bits per heavy atom. The van der Waals surface area contributed by atoms with Gasteiger partial charge < -0.3 is 19.0 Å². The molecule has 26 heavy (non-hydrogen) atoms. The van der Waals surface area contributed by atoms with Gasteiger partial charge in [0.2, 0.25) is 0 Å². The summed E-state index contributed by atoms with van der Waals surface area (Å²) in [6, 6.07) is 16.0. The number of ether oxygens (including phenoxy) is 1. The molecule has 2 aromatic carbocycles. The van der Waals surface area contributed by atoms with Crippen LogP contribution in [-0.4, -0.2) is 44.1 Å². The van der Waals surface area contributed by atoms with Gasteiger partial charge in [0.25, 0.3) is 5.91 Å². The van der Waals surface area contributed by atoms with Crippen molar-refractivity contribution in [3.05, 3.63) is 66.1 Å². The summed E-state index contributed by atoms with van der Waals surface area (Å²) in [4.78, 5) is 15.7. The van der Waals surface area contributed by atoms with Gasteiger partial charge in [-0.25, -0.2) is 0 Å². The van der Waals surface area contributed by atoms with E-state index in [1.807, 2.05) is 11.0 Å². The van der Waals surface area contributed by atoms with E-state index in [1.165, 1.54) is 21.2 Å². The Hall–Kier alpha value is -2.79. The smallest absolute Gasteiger partial charge is 0.289 e. The molecule has 1 fully saturated rings. The van der Waals surface area contributed by atoms with Gasteiger partial charge in [-0.1, -0.05) is 30.3 Å². The predicted octanol–water partition coefficient (Wildman–Crippen LogP) is 1.98. The van der Waals surface area contributed by atoms with Crippen LogP contribution < -0.4 is 9.64 Å². The monoisotopic (exact) mass is 351 g/mol. The Labute approximate surface area is 152 Å². The highest BCUT2D eigenvalue weighted by Gasteiger charge is 2.27. The average molecular weight is 351 g/mol. The van der Waals surface area contributed by atoms with Crippen molar-refractivity contribution in [2.24, 2.45) is 0 Å². The van der Waals surface area contributed by atoms with E-state index in [1.54, 1.807) is 25.5 Å². The molecule has 1 aromatic heterocycles. The molecule has 0 saturated carbocycles. The van der Waals surface area contributed by atoms with E-state index in [0.717, 1.165) is 38.5 Å². The molecule has 1 aliphatic rings. The summed E-state index contributed by atoms with van der Waals surface area (Å²) in [5, 5.41) is 2.47. The first kappa shape index (κ1) is 16.7. The highest BCUT2D eigenvalue weighted by Crippen LogP contribution is 2.27. The Morgan fingerprint density at radius 3 is 2.65 bits per heavy atom. The normalized spacial score (nSPS) is 15.3. The number of carbonyl (C=O) groups excluding carboxylic acids is 1.